The number of hydrogen-bond donors (Lipinski definition) is 2. The van der Waals surface area contributed by atoms with Crippen LogP contribution in [0.15, 0.2) is 53.4 Å². The van der Waals surface area contributed by atoms with Crippen molar-refractivity contribution in [1.82, 2.24) is 24.9 Å². The lowest BCUT2D eigenvalue weighted by Gasteiger charge is -2.07. The van der Waals surface area contributed by atoms with Crippen LogP contribution < -0.4 is 11.1 Å². The van der Waals surface area contributed by atoms with Crippen LogP contribution in [0.3, 0.4) is 0 Å². The first-order chi connectivity index (χ1) is 14.5. The average molecular weight is 411 g/mol. The number of nitrogens with two attached hydrogens (primary N) is 1. The van der Waals surface area contributed by atoms with Gasteiger partial charge in [-0.1, -0.05) is 23.4 Å². The molecule has 3 aromatic heterocycles. The lowest BCUT2D eigenvalue weighted by atomic mass is 10.2. The maximum Gasteiger partial charge on any atom is 0.236 e. The van der Waals surface area contributed by atoms with E-state index in [1.807, 2.05) is 0 Å². The highest BCUT2D eigenvalue weighted by Gasteiger charge is 2.18. The Hall–Kier alpha value is -4.15. The highest BCUT2D eigenvalue weighted by Crippen LogP contribution is 2.25. The maximum atomic E-state index is 14.1. The van der Waals surface area contributed by atoms with Crippen molar-refractivity contribution in [3.05, 3.63) is 66.1 Å². The Balaban J connectivity index is 1.74. The molecule has 9 nitrogen and oxygen atoms in total. The van der Waals surface area contributed by atoms with Crippen LogP contribution in [-0.4, -0.2) is 37.4 Å². The maximum absolute atomic E-state index is 14.1. The minimum Gasteiger partial charge on any atom is -0.368 e. The molecule has 4 rings (SSSR count). The number of carbonyl (C=O) groups is 1. The van der Waals surface area contributed by atoms with E-state index >= 15 is 0 Å². The number of nitrogens with one attached hydrogen (secondary N) is 1. The number of carbonyl (C=O) groups excluding carboxylic acids is 1. The predicted octanol–water partition coefficient (Wildman–Crippen LogP) is 2.22. The van der Waals surface area contributed by atoms with Gasteiger partial charge in [0.15, 0.2) is 17.5 Å². The molecule has 4 aromatic rings. The Bertz CT molecular complexity index is 1190. The van der Waals surface area contributed by atoms with E-state index < -0.39 is 11.7 Å². The molecule has 0 saturated heterocycles. The standard InChI is InChI=1S/C19H15F2N7O2/c20-12-4-2-1-3-11(12)10-28-16(14-5-6-30-27-14)7-15(26-28)19-23-8-13(21)18(25-19)24-9-17(22)29/h1-8H,9-10H2,(H2,22,29)(H,23,24,25). The number of benzene rings is 1. The van der Waals surface area contributed by atoms with Gasteiger partial charge < -0.3 is 15.6 Å². The van der Waals surface area contributed by atoms with Gasteiger partial charge in [0, 0.05) is 11.6 Å². The number of nitrogens with zero attached hydrogens (tertiary/aromatic N) is 5. The molecule has 0 atom stereocenters. The third-order valence-electron chi connectivity index (χ3n) is 4.16. The molecular formula is C19H15F2N7O2. The topological polar surface area (TPSA) is 125 Å². The zero-order valence-electron chi connectivity index (χ0n) is 15.4. The Morgan fingerprint density at radius 1 is 1.17 bits per heavy atom. The monoisotopic (exact) mass is 411 g/mol. The number of primary amides is 1. The zero-order valence-corrected chi connectivity index (χ0v) is 15.4. The number of anilines is 1. The van der Waals surface area contributed by atoms with Gasteiger partial charge in [-0.3, -0.25) is 9.48 Å². The van der Waals surface area contributed by atoms with Crippen molar-refractivity contribution in [2.45, 2.75) is 6.54 Å². The van der Waals surface area contributed by atoms with E-state index in [9.17, 15) is 13.6 Å². The highest BCUT2D eigenvalue weighted by molar-refractivity contribution is 5.78. The summed E-state index contributed by atoms with van der Waals surface area (Å²) in [6.45, 7) is -0.178. The third-order valence-corrected chi connectivity index (χ3v) is 4.16. The molecule has 1 amide bonds. The molecule has 3 N–H and O–H groups in total. The van der Waals surface area contributed by atoms with Crippen LogP contribution in [0.4, 0.5) is 14.6 Å². The summed E-state index contributed by atoms with van der Waals surface area (Å²) in [6.07, 6.45) is 2.35. The van der Waals surface area contributed by atoms with Crippen molar-refractivity contribution >= 4 is 11.7 Å². The molecule has 0 unspecified atom stereocenters. The summed E-state index contributed by atoms with van der Waals surface area (Å²) >= 11 is 0. The van der Waals surface area contributed by atoms with Crippen LogP contribution in [0.2, 0.25) is 0 Å². The van der Waals surface area contributed by atoms with Gasteiger partial charge in [-0.2, -0.15) is 5.10 Å². The zero-order chi connectivity index (χ0) is 21.1. The second kappa shape index (κ2) is 8.07. The van der Waals surface area contributed by atoms with E-state index in [1.54, 1.807) is 30.3 Å². The van der Waals surface area contributed by atoms with Gasteiger partial charge >= 0.3 is 0 Å². The van der Waals surface area contributed by atoms with Crippen LogP contribution >= 0.6 is 0 Å². The third kappa shape index (κ3) is 3.99. The van der Waals surface area contributed by atoms with Crippen LogP contribution in [0, 0.1) is 11.6 Å². The summed E-state index contributed by atoms with van der Waals surface area (Å²) in [5.74, 6) is -1.89. The number of halogens is 2. The quantitative estimate of drug-likeness (QED) is 0.478. The fourth-order valence-corrected chi connectivity index (χ4v) is 2.77. The van der Waals surface area contributed by atoms with Gasteiger partial charge in [0.1, 0.15) is 23.5 Å². The molecule has 0 saturated carbocycles. The largest absolute Gasteiger partial charge is 0.368 e. The van der Waals surface area contributed by atoms with Crippen molar-refractivity contribution in [3.8, 4) is 22.9 Å². The smallest absolute Gasteiger partial charge is 0.236 e. The Morgan fingerprint density at radius 2 is 2.00 bits per heavy atom. The van der Waals surface area contributed by atoms with E-state index in [2.05, 4.69) is 25.5 Å². The van der Waals surface area contributed by atoms with E-state index in [0.29, 0.717) is 22.6 Å². The first-order valence-electron chi connectivity index (χ1n) is 8.78. The van der Waals surface area contributed by atoms with Gasteiger partial charge in [0.25, 0.3) is 0 Å². The van der Waals surface area contributed by atoms with Crippen molar-refractivity contribution in [2.24, 2.45) is 5.73 Å². The van der Waals surface area contributed by atoms with Crippen LogP contribution in [0.25, 0.3) is 22.9 Å². The molecule has 0 fully saturated rings. The van der Waals surface area contributed by atoms with E-state index in [4.69, 9.17) is 10.3 Å². The Morgan fingerprint density at radius 3 is 2.73 bits per heavy atom. The van der Waals surface area contributed by atoms with Crippen LogP contribution in [0.1, 0.15) is 5.56 Å². The number of hydrogen-bond acceptors (Lipinski definition) is 7. The summed E-state index contributed by atoms with van der Waals surface area (Å²) in [4.78, 5) is 19.0. The van der Waals surface area contributed by atoms with Crippen molar-refractivity contribution in [1.29, 1.82) is 0 Å². The average Bonchev–Trinajstić information content (AvgIpc) is 3.39. The molecule has 11 heteroatoms. The molecule has 0 aliphatic rings. The summed E-state index contributed by atoms with van der Waals surface area (Å²) in [5, 5.41) is 10.9. The van der Waals surface area contributed by atoms with Crippen LogP contribution in [-0.2, 0) is 11.3 Å². The minimum absolute atomic E-state index is 0.0976. The minimum atomic E-state index is -0.748. The molecule has 0 aliphatic carbocycles. The predicted molar refractivity (Wildman–Crippen MR) is 102 cm³/mol. The summed E-state index contributed by atoms with van der Waals surface area (Å²) < 4.78 is 34.5. The fourth-order valence-electron chi connectivity index (χ4n) is 2.77. The Labute approximate surface area is 168 Å². The molecule has 30 heavy (non-hydrogen) atoms. The van der Waals surface area contributed by atoms with Gasteiger partial charge in [-0.15, -0.1) is 0 Å². The second-order valence-electron chi connectivity index (χ2n) is 6.26. The fraction of sp³-hybridized carbons (Fsp3) is 0.105. The van der Waals surface area contributed by atoms with Gasteiger partial charge in [-0.25, -0.2) is 18.7 Å². The van der Waals surface area contributed by atoms with Gasteiger partial charge in [0.2, 0.25) is 5.91 Å². The molecule has 0 radical (unpaired) electrons. The molecule has 0 spiro atoms. The molecule has 152 valence electrons. The number of aromatic nitrogens is 5. The lowest BCUT2D eigenvalue weighted by Crippen LogP contribution is -2.22. The highest BCUT2D eigenvalue weighted by atomic mass is 19.1. The van der Waals surface area contributed by atoms with E-state index in [1.165, 1.54) is 17.0 Å². The summed E-state index contributed by atoms with van der Waals surface area (Å²) in [6, 6.07) is 9.57. The van der Waals surface area contributed by atoms with Crippen molar-refractivity contribution < 1.29 is 18.1 Å². The lowest BCUT2D eigenvalue weighted by molar-refractivity contribution is -0.116. The van der Waals surface area contributed by atoms with E-state index in [0.717, 1.165) is 6.20 Å². The van der Waals surface area contributed by atoms with Crippen LogP contribution in [0.5, 0.6) is 0 Å². The first kappa shape index (κ1) is 19.2. The SMILES string of the molecule is NC(=O)CNc1nc(-c2cc(-c3ccon3)n(Cc3ccccc3F)n2)ncc1F. The molecule has 0 bridgehead atoms. The second-order valence-corrected chi connectivity index (χ2v) is 6.26. The van der Waals surface area contributed by atoms with Crippen molar-refractivity contribution in [3.63, 3.8) is 0 Å². The normalized spacial score (nSPS) is 10.9. The summed E-state index contributed by atoms with van der Waals surface area (Å²) in [7, 11) is 0. The Kier molecular flexibility index (Phi) is 5.16. The molecular weight excluding hydrogens is 396 g/mol. The molecule has 1 aromatic carbocycles. The number of amides is 1. The number of rotatable bonds is 7. The van der Waals surface area contributed by atoms with Gasteiger partial charge in [-0.05, 0) is 12.1 Å². The first-order valence-corrected chi connectivity index (χ1v) is 8.78. The van der Waals surface area contributed by atoms with Crippen molar-refractivity contribution in [2.75, 3.05) is 11.9 Å². The molecule has 0 aliphatic heterocycles. The summed E-state index contributed by atoms with van der Waals surface area (Å²) in [5.41, 5.74) is 6.79. The van der Waals surface area contributed by atoms with Gasteiger partial charge in [0.05, 0.1) is 25.0 Å². The molecule has 3 heterocycles. The van der Waals surface area contributed by atoms with E-state index in [-0.39, 0.29) is 30.5 Å².